The normalized spacial score (nSPS) is 11.5. The Balaban J connectivity index is 2.62. The van der Waals surface area contributed by atoms with Gasteiger partial charge in [0.1, 0.15) is 6.04 Å². The molecule has 0 fully saturated rings. The van der Waals surface area contributed by atoms with E-state index in [4.69, 9.17) is 10.8 Å². The highest BCUT2D eigenvalue weighted by Gasteiger charge is 2.23. The number of nitrogens with two attached hydrogens (primary N) is 1. The molecule has 0 aliphatic carbocycles. The molecular weight excluding hydrogens is 274 g/mol. The minimum atomic E-state index is -1.32. The topological polar surface area (TPSA) is 113 Å². The van der Waals surface area contributed by atoms with Crippen LogP contribution in [0.3, 0.4) is 0 Å². The molecule has 1 unspecified atom stereocenters. The second kappa shape index (κ2) is 7.28. The van der Waals surface area contributed by atoms with Gasteiger partial charge in [-0.15, -0.1) is 0 Å². The molecule has 7 heteroatoms. The molecular formula is C14H19N3O4. The molecule has 1 atom stereocenters. The zero-order valence-electron chi connectivity index (χ0n) is 12.0. The summed E-state index contributed by atoms with van der Waals surface area (Å²) >= 11 is 0. The molecule has 0 aromatic heterocycles. The van der Waals surface area contributed by atoms with E-state index in [1.54, 1.807) is 7.05 Å². The number of urea groups is 1. The number of benzene rings is 1. The first kappa shape index (κ1) is 16.5. The number of rotatable bonds is 6. The van der Waals surface area contributed by atoms with Crippen molar-refractivity contribution in [2.75, 3.05) is 7.05 Å². The Bertz CT molecular complexity index is 528. The average molecular weight is 293 g/mol. The Kier molecular flexibility index (Phi) is 5.71. The van der Waals surface area contributed by atoms with Crippen molar-refractivity contribution in [3.8, 4) is 0 Å². The van der Waals surface area contributed by atoms with Gasteiger partial charge in [-0.3, -0.25) is 4.79 Å². The lowest BCUT2D eigenvalue weighted by molar-refractivity contribution is -0.140. The highest BCUT2D eigenvalue weighted by molar-refractivity contribution is 5.87. The number of hydrogen-bond donors (Lipinski definition) is 3. The van der Waals surface area contributed by atoms with Crippen LogP contribution in [-0.2, 0) is 16.1 Å². The second-order valence-corrected chi connectivity index (χ2v) is 4.85. The fourth-order valence-electron chi connectivity index (χ4n) is 1.70. The predicted molar refractivity (Wildman–Crippen MR) is 76.4 cm³/mol. The first-order chi connectivity index (χ1) is 9.79. The van der Waals surface area contributed by atoms with Gasteiger partial charge in [-0.2, -0.15) is 0 Å². The molecule has 1 rings (SSSR count). The van der Waals surface area contributed by atoms with Crippen LogP contribution >= 0.6 is 0 Å². The molecule has 0 aliphatic heterocycles. The van der Waals surface area contributed by atoms with Crippen LogP contribution in [0.15, 0.2) is 24.3 Å². The van der Waals surface area contributed by atoms with Gasteiger partial charge in [0.15, 0.2) is 0 Å². The largest absolute Gasteiger partial charge is 0.480 e. The number of carbonyl (C=O) groups is 3. The average Bonchev–Trinajstić information content (AvgIpc) is 2.39. The third-order valence-corrected chi connectivity index (χ3v) is 2.89. The number of carboxylic acids is 1. The summed E-state index contributed by atoms with van der Waals surface area (Å²) in [6.07, 6.45) is -0.445. The van der Waals surface area contributed by atoms with E-state index in [1.165, 1.54) is 4.90 Å². The van der Waals surface area contributed by atoms with Crippen molar-refractivity contribution in [1.82, 2.24) is 10.2 Å². The summed E-state index contributed by atoms with van der Waals surface area (Å²) in [6.45, 7) is 2.29. The van der Waals surface area contributed by atoms with Gasteiger partial charge in [0, 0.05) is 13.6 Å². The summed E-state index contributed by atoms with van der Waals surface area (Å²) in [4.78, 5) is 35.0. The number of primary amides is 1. The van der Waals surface area contributed by atoms with Gasteiger partial charge in [0.2, 0.25) is 5.91 Å². The highest BCUT2D eigenvalue weighted by Crippen LogP contribution is 2.06. The van der Waals surface area contributed by atoms with Crippen molar-refractivity contribution in [3.05, 3.63) is 35.4 Å². The fourth-order valence-corrected chi connectivity index (χ4v) is 1.70. The fraction of sp³-hybridized carbons (Fsp3) is 0.357. The van der Waals surface area contributed by atoms with Gasteiger partial charge in [-0.25, -0.2) is 9.59 Å². The van der Waals surface area contributed by atoms with E-state index in [9.17, 15) is 14.4 Å². The van der Waals surface area contributed by atoms with E-state index in [-0.39, 0.29) is 0 Å². The molecule has 0 bridgehead atoms. The van der Waals surface area contributed by atoms with Crippen LogP contribution < -0.4 is 11.1 Å². The van der Waals surface area contributed by atoms with Crippen LogP contribution in [0, 0.1) is 6.92 Å². The van der Waals surface area contributed by atoms with Crippen LogP contribution in [-0.4, -0.2) is 41.0 Å². The number of nitrogens with one attached hydrogen (secondary N) is 1. The molecule has 0 aliphatic rings. The van der Waals surface area contributed by atoms with E-state index >= 15 is 0 Å². The number of nitrogens with zero attached hydrogens (tertiary/aromatic N) is 1. The predicted octanol–water partition coefficient (Wildman–Crippen LogP) is 0.465. The molecule has 3 amide bonds. The molecule has 0 spiro atoms. The number of hydrogen-bond acceptors (Lipinski definition) is 3. The minimum Gasteiger partial charge on any atom is -0.480 e. The van der Waals surface area contributed by atoms with E-state index in [0.29, 0.717) is 6.54 Å². The maximum atomic E-state index is 11.9. The van der Waals surface area contributed by atoms with Crippen molar-refractivity contribution in [2.24, 2.45) is 5.73 Å². The molecule has 21 heavy (non-hydrogen) atoms. The van der Waals surface area contributed by atoms with Crippen LogP contribution in [0.25, 0.3) is 0 Å². The van der Waals surface area contributed by atoms with Crippen LogP contribution in [0.4, 0.5) is 4.79 Å². The molecule has 0 saturated heterocycles. The monoisotopic (exact) mass is 293 g/mol. The minimum absolute atomic E-state index is 0.328. The second-order valence-electron chi connectivity index (χ2n) is 4.85. The van der Waals surface area contributed by atoms with Gasteiger partial charge in [-0.05, 0) is 12.5 Å². The van der Waals surface area contributed by atoms with E-state index in [2.05, 4.69) is 5.32 Å². The van der Waals surface area contributed by atoms with Crippen molar-refractivity contribution in [3.63, 3.8) is 0 Å². The summed E-state index contributed by atoms with van der Waals surface area (Å²) in [7, 11) is 1.54. The number of carboxylic acid groups (broad SMARTS) is 1. The lowest BCUT2D eigenvalue weighted by Gasteiger charge is -2.21. The third-order valence-electron chi connectivity index (χ3n) is 2.89. The Morgan fingerprint density at radius 1 is 1.29 bits per heavy atom. The van der Waals surface area contributed by atoms with E-state index in [0.717, 1.165) is 11.1 Å². The quantitative estimate of drug-likeness (QED) is 0.707. The molecule has 0 radical (unpaired) electrons. The molecule has 0 saturated carbocycles. The van der Waals surface area contributed by atoms with Crippen molar-refractivity contribution in [1.29, 1.82) is 0 Å². The Morgan fingerprint density at radius 3 is 2.33 bits per heavy atom. The summed E-state index contributed by atoms with van der Waals surface area (Å²) < 4.78 is 0. The molecule has 4 N–H and O–H groups in total. The van der Waals surface area contributed by atoms with Crippen LogP contribution in [0.1, 0.15) is 17.5 Å². The SMILES string of the molecule is Cc1ccc(CN(C)C(=O)NC(CC(N)=O)C(=O)O)cc1. The van der Waals surface area contributed by atoms with Gasteiger partial charge in [0.25, 0.3) is 0 Å². The number of aliphatic carboxylic acids is 1. The first-order valence-corrected chi connectivity index (χ1v) is 6.38. The zero-order valence-corrected chi connectivity index (χ0v) is 12.0. The van der Waals surface area contributed by atoms with Crippen LogP contribution in [0.2, 0.25) is 0 Å². The lowest BCUT2D eigenvalue weighted by atomic mass is 10.1. The maximum Gasteiger partial charge on any atom is 0.326 e. The van der Waals surface area contributed by atoms with E-state index in [1.807, 2.05) is 31.2 Å². The molecule has 1 aromatic rings. The smallest absolute Gasteiger partial charge is 0.326 e. The summed E-state index contributed by atoms with van der Waals surface area (Å²) in [5, 5.41) is 11.2. The molecule has 7 nitrogen and oxygen atoms in total. The zero-order chi connectivity index (χ0) is 16.0. The van der Waals surface area contributed by atoms with Crippen molar-refractivity contribution >= 4 is 17.9 Å². The van der Waals surface area contributed by atoms with Crippen molar-refractivity contribution in [2.45, 2.75) is 25.9 Å². The molecule has 1 aromatic carbocycles. The van der Waals surface area contributed by atoms with E-state index < -0.39 is 30.4 Å². The number of aryl methyl sites for hydroxylation is 1. The Morgan fingerprint density at radius 2 is 1.86 bits per heavy atom. The number of carbonyl (C=O) groups excluding carboxylic acids is 2. The van der Waals surface area contributed by atoms with Gasteiger partial charge >= 0.3 is 12.0 Å². The number of amides is 3. The summed E-state index contributed by atoms with van der Waals surface area (Å²) in [5.41, 5.74) is 6.98. The van der Waals surface area contributed by atoms with Gasteiger partial charge < -0.3 is 21.1 Å². The van der Waals surface area contributed by atoms with Gasteiger partial charge in [-0.1, -0.05) is 29.8 Å². The maximum absolute atomic E-state index is 11.9. The molecule has 114 valence electrons. The summed E-state index contributed by atoms with van der Waals surface area (Å²) in [5.74, 6) is -2.09. The Labute approximate surface area is 122 Å². The standard InChI is InChI=1S/C14H19N3O4/c1-9-3-5-10(6-4-9)8-17(2)14(21)16-11(13(19)20)7-12(15)18/h3-6,11H,7-8H2,1-2H3,(H2,15,18)(H,16,21)(H,19,20). The first-order valence-electron chi connectivity index (χ1n) is 6.38. The lowest BCUT2D eigenvalue weighted by Crippen LogP contribution is -2.48. The van der Waals surface area contributed by atoms with Crippen molar-refractivity contribution < 1.29 is 19.5 Å². The highest BCUT2D eigenvalue weighted by atomic mass is 16.4. The third kappa shape index (κ3) is 5.52. The van der Waals surface area contributed by atoms with Gasteiger partial charge in [0.05, 0.1) is 6.42 Å². The van der Waals surface area contributed by atoms with Crippen LogP contribution in [0.5, 0.6) is 0 Å². The molecule has 0 heterocycles. The summed E-state index contributed by atoms with van der Waals surface area (Å²) in [6, 6.07) is 5.72. The Hall–Kier alpha value is -2.57.